The molecular formula is C15H24O2PTi. The summed E-state index contributed by atoms with van der Waals surface area (Å²) in [7, 11) is 2.48. The molecule has 2 nitrogen and oxygen atoms in total. The Labute approximate surface area is 134 Å². The molecule has 1 radical (unpaired) electrons. The van der Waals surface area contributed by atoms with E-state index in [1.54, 1.807) is 10.6 Å². The third-order valence-corrected chi connectivity index (χ3v) is 4.15. The van der Waals surface area contributed by atoms with Gasteiger partial charge in [0.05, 0.1) is 0 Å². The van der Waals surface area contributed by atoms with Crippen LogP contribution in [0.3, 0.4) is 0 Å². The molecule has 0 N–H and O–H groups in total. The molecule has 0 saturated carbocycles. The summed E-state index contributed by atoms with van der Waals surface area (Å²) in [6.07, 6.45) is 10.0. The molecule has 4 heteroatoms. The van der Waals surface area contributed by atoms with Crippen LogP contribution in [0, 0.1) is 33.8 Å². The molecule has 19 heavy (non-hydrogen) atoms. The van der Waals surface area contributed by atoms with Crippen LogP contribution in [0.5, 0.6) is 0 Å². The van der Waals surface area contributed by atoms with Crippen molar-refractivity contribution in [2.45, 2.75) is 34.1 Å². The topological polar surface area (TPSA) is 46.1 Å². The van der Waals surface area contributed by atoms with Crippen LogP contribution in [-0.4, -0.2) is 14.2 Å². The molecule has 0 unspecified atom stereocenters. The molecule has 1 aromatic rings. The van der Waals surface area contributed by atoms with Gasteiger partial charge in [-0.05, 0) is 49.4 Å². The summed E-state index contributed by atoms with van der Waals surface area (Å²) >= 11 is 0. The normalized spacial score (nSPS) is 10.1. The first kappa shape index (κ1) is 23.9. The van der Waals surface area contributed by atoms with Crippen LogP contribution in [0.1, 0.15) is 28.1 Å². The van der Waals surface area contributed by atoms with Gasteiger partial charge in [-0.2, -0.15) is 20.3 Å². The summed E-state index contributed by atoms with van der Waals surface area (Å²) in [5.41, 5.74) is 3.04. The first-order valence-electron chi connectivity index (χ1n) is 5.78. The fourth-order valence-corrected chi connectivity index (χ4v) is 2.68. The van der Waals surface area contributed by atoms with Gasteiger partial charge in [0.15, 0.2) is 0 Å². The van der Waals surface area contributed by atoms with E-state index in [1.807, 2.05) is 12.2 Å². The molecule has 1 aliphatic carbocycles. The minimum atomic E-state index is 0. The Hall–Kier alpha value is -0.106. The molecule has 0 spiro atoms. The van der Waals surface area contributed by atoms with E-state index in [-0.39, 0.29) is 21.7 Å². The van der Waals surface area contributed by atoms with E-state index in [1.165, 1.54) is 11.1 Å². The van der Waals surface area contributed by atoms with E-state index in [9.17, 15) is 0 Å². The predicted octanol–water partition coefficient (Wildman–Crippen LogP) is 2.21. The zero-order valence-corrected chi connectivity index (χ0v) is 15.3. The molecule has 0 aliphatic heterocycles. The quantitative estimate of drug-likeness (QED) is 0.544. The fraction of sp³-hybridized carbons (Fsp3) is 0.467. The van der Waals surface area contributed by atoms with Crippen molar-refractivity contribution in [3.05, 3.63) is 46.0 Å². The summed E-state index contributed by atoms with van der Waals surface area (Å²) in [4.78, 5) is 0. The van der Waals surface area contributed by atoms with Crippen LogP contribution in [0.4, 0.5) is 0 Å². The zero-order valence-electron chi connectivity index (χ0n) is 12.8. The van der Waals surface area contributed by atoms with Crippen molar-refractivity contribution in [3.8, 4) is 0 Å². The average molecular weight is 315 g/mol. The second-order valence-electron chi connectivity index (χ2n) is 3.63. The monoisotopic (exact) mass is 315 g/mol. The molecule has 0 bridgehead atoms. The molecule has 1 aliphatic rings. The minimum Gasteiger partial charge on any atom is -0.857 e. The van der Waals surface area contributed by atoms with Crippen molar-refractivity contribution in [1.29, 1.82) is 0 Å². The van der Waals surface area contributed by atoms with E-state index >= 15 is 0 Å². The van der Waals surface area contributed by atoms with Crippen LogP contribution < -0.4 is 10.2 Å². The molecule has 0 fully saturated rings. The Bertz CT molecular complexity index is 336. The summed E-state index contributed by atoms with van der Waals surface area (Å²) in [6.45, 7) is 8.89. The Morgan fingerprint density at radius 1 is 0.947 bits per heavy atom. The molecule has 0 saturated heterocycles. The summed E-state index contributed by atoms with van der Waals surface area (Å²) < 4.78 is 0. The third-order valence-electron chi connectivity index (χ3n) is 2.65. The molecular weight excluding hydrogens is 291 g/mol. The SMILES string of the molecule is C[O-].C[O-].Cc1[pH]c(C)c(C)c1C.[C-]1=CC=CC1.[Ti+3]. The largest absolute Gasteiger partial charge is 3.00 e. The predicted molar refractivity (Wildman–Crippen MR) is 78.3 cm³/mol. The Kier molecular flexibility index (Phi) is 20.1. The smallest absolute Gasteiger partial charge is 0.857 e. The van der Waals surface area contributed by atoms with Gasteiger partial charge in [-0.25, -0.2) is 12.2 Å². The van der Waals surface area contributed by atoms with E-state index in [0.29, 0.717) is 0 Å². The molecule has 1 heterocycles. The van der Waals surface area contributed by atoms with E-state index in [0.717, 1.165) is 28.8 Å². The van der Waals surface area contributed by atoms with Gasteiger partial charge >= 0.3 is 21.7 Å². The van der Waals surface area contributed by atoms with Crippen molar-refractivity contribution >= 4 is 8.19 Å². The second-order valence-corrected chi connectivity index (χ2v) is 5.38. The maximum Gasteiger partial charge on any atom is 3.00 e. The van der Waals surface area contributed by atoms with E-state index in [2.05, 4.69) is 39.8 Å². The standard InChI is InChI=1S/C8H13P.C5H5.2CH3O.Ti/c1-5-6(2)8(4)9-7(5)3;1-2-4-5-3-1;2*1-2;/h9H,1-4H3;1-3H,4H2;2*1H3;/q;3*-1;+3. The number of hydrogen-bond donors (Lipinski definition) is 0. The van der Waals surface area contributed by atoms with E-state index < -0.39 is 0 Å². The van der Waals surface area contributed by atoms with Gasteiger partial charge < -0.3 is 10.2 Å². The molecule has 2 rings (SSSR count). The maximum atomic E-state index is 8.25. The number of rotatable bonds is 0. The minimum absolute atomic E-state index is 0. The van der Waals surface area contributed by atoms with Crippen LogP contribution in [0.15, 0.2) is 18.2 Å². The molecule has 0 amide bonds. The third kappa shape index (κ3) is 10.4. The average Bonchev–Trinajstić information content (AvgIpc) is 3.06. The van der Waals surface area contributed by atoms with Crippen molar-refractivity contribution in [3.63, 3.8) is 0 Å². The van der Waals surface area contributed by atoms with Gasteiger partial charge in [0.25, 0.3) is 0 Å². The molecule has 1 aromatic heterocycles. The van der Waals surface area contributed by atoms with Crippen molar-refractivity contribution < 1.29 is 31.9 Å². The van der Waals surface area contributed by atoms with Gasteiger partial charge in [-0.3, -0.25) is 6.08 Å². The zero-order chi connectivity index (χ0) is 14.6. The number of hydrogen-bond acceptors (Lipinski definition) is 2. The van der Waals surface area contributed by atoms with Crippen LogP contribution >= 0.6 is 8.19 Å². The number of aryl methyl sites for hydroxylation is 2. The summed E-state index contributed by atoms with van der Waals surface area (Å²) in [5.74, 6) is 0. The van der Waals surface area contributed by atoms with Gasteiger partial charge in [0, 0.05) is 0 Å². The Morgan fingerprint density at radius 3 is 1.47 bits per heavy atom. The Morgan fingerprint density at radius 2 is 1.37 bits per heavy atom. The fourth-order valence-electron chi connectivity index (χ4n) is 1.37. The first-order chi connectivity index (χ1) is 8.63. The molecule has 105 valence electrons. The van der Waals surface area contributed by atoms with Crippen LogP contribution in [0.2, 0.25) is 0 Å². The molecule has 0 atom stereocenters. The van der Waals surface area contributed by atoms with Gasteiger partial charge in [-0.1, -0.05) is 0 Å². The van der Waals surface area contributed by atoms with Crippen LogP contribution in [0.25, 0.3) is 0 Å². The first-order valence-corrected chi connectivity index (χ1v) is 6.78. The molecule has 0 aromatic carbocycles. The summed E-state index contributed by atoms with van der Waals surface area (Å²) in [6, 6.07) is 0. The van der Waals surface area contributed by atoms with Crippen molar-refractivity contribution in [2.75, 3.05) is 14.2 Å². The van der Waals surface area contributed by atoms with Gasteiger partial charge in [-0.15, -0.1) is 14.6 Å². The second kappa shape index (κ2) is 16.0. The van der Waals surface area contributed by atoms with Crippen molar-refractivity contribution in [2.24, 2.45) is 0 Å². The van der Waals surface area contributed by atoms with Crippen molar-refractivity contribution in [1.82, 2.24) is 0 Å². The summed E-state index contributed by atoms with van der Waals surface area (Å²) in [5, 5.41) is 19.6. The van der Waals surface area contributed by atoms with Crippen LogP contribution in [-0.2, 0) is 21.7 Å². The van der Waals surface area contributed by atoms with Gasteiger partial charge in [0.1, 0.15) is 0 Å². The Balaban J connectivity index is -0.000000220. The van der Waals surface area contributed by atoms with E-state index in [4.69, 9.17) is 10.2 Å². The maximum absolute atomic E-state index is 8.25. The number of allylic oxidation sites excluding steroid dienone is 4. The van der Waals surface area contributed by atoms with Gasteiger partial charge in [0.2, 0.25) is 0 Å².